The zero-order chi connectivity index (χ0) is 11.6. The van der Waals surface area contributed by atoms with Gasteiger partial charge in [0.1, 0.15) is 0 Å². The molecule has 0 saturated carbocycles. The van der Waals surface area contributed by atoms with Crippen molar-refractivity contribution in [3.8, 4) is 0 Å². The van der Waals surface area contributed by atoms with Crippen LogP contribution in [0.25, 0.3) is 0 Å². The van der Waals surface area contributed by atoms with E-state index in [2.05, 4.69) is 24.1 Å². The quantitative estimate of drug-likeness (QED) is 0.650. The van der Waals surface area contributed by atoms with E-state index in [4.69, 9.17) is 0 Å². The lowest BCUT2D eigenvalue weighted by Crippen LogP contribution is -2.32. The molecule has 0 aromatic carbocycles. The van der Waals surface area contributed by atoms with Gasteiger partial charge in [-0.1, -0.05) is 26.7 Å². The molecule has 0 aromatic heterocycles. The summed E-state index contributed by atoms with van der Waals surface area (Å²) in [6, 6.07) is 0.811. The summed E-state index contributed by atoms with van der Waals surface area (Å²) in [5.74, 6) is 0. The van der Waals surface area contributed by atoms with Crippen LogP contribution in [0.1, 0.15) is 58.8 Å². The fourth-order valence-electron chi connectivity index (χ4n) is 2.44. The summed E-state index contributed by atoms with van der Waals surface area (Å²) in [6.45, 7) is 9.74. The minimum absolute atomic E-state index is 0.811. The van der Waals surface area contributed by atoms with E-state index in [1.807, 2.05) is 0 Å². The third-order valence-corrected chi connectivity index (χ3v) is 3.61. The second-order valence-electron chi connectivity index (χ2n) is 5.13. The van der Waals surface area contributed by atoms with Crippen molar-refractivity contribution in [2.75, 3.05) is 26.2 Å². The Morgan fingerprint density at radius 2 is 1.75 bits per heavy atom. The predicted molar refractivity (Wildman–Crippen MR) is 71.9 cm³/mol. The molecule has 0 spiro atoms. The lowest BCUT2D eigenvalue weighted by Gasteiger charge is -2.23. The van der Waals surface area contributed by atoms with Gasteiger partial charge in [-0.05, 0) is 58.3 Å². The molecule has 2 heteroatoms. The van der Waals surface area contributed by atoms with Gasteiger partial charge >= 0.3 is 0 Å². The van der Waals surface area contributed by atoms with E-state index in [1.165, 1.54) is 71.1 Å². The first kappa shape index (κ1) is 14.0. The second-order valence-corrected chi connectivity index (χ2v) is 5.13. The molecule has 1 fully saturated rings. The van der Waals surface area contributed by atoms with Crippen LogP contribution in [0.3, 0.4) is 0 Å². The third-order valence-electron chi connectivity index (χ3n) is 3.61. The topological polar surface area (TPSA) is 15.3 Å². The number of unbranched alkanes of at least 4 members (excludes halogenated alkanes) is 2. The fraction of sp³-hybridized carbons (Fsp3) is 1.00. The molecule has 0 bridgehead atoms. The first-order valence-electron chi connectivity index (χ1n) is 7.32. The standard InChI is InChI=1S/C14H30N2/c1-3-5-11-16(12-6-4-2)13-9-14-8-7-10-15-14/h14-15H,3-13H2,1-2H3. The zero-order valence-electron chi connectivity index (χ0n) is 11.3. The summed E-state index contributed by atoms with van der Waals surface area (Å²) in [5, 5.41) is 3.60. The average molecular weight is 226 g/mol. The van der Waals surface area contributed by atoms with Crippen LogP contribution in [0.4, 0.5) is 0 Å². The van der Waals surface area contributed by atoms with Crippen molar-refractivity contribution in [1.29, 1.82) is 0 Å². The summed E-state index contributed by atoms with van der Waals surface area (Å²) in [7, 11) is 0. The molecule has 16 heavy (non-hydrogen) atoms. The first-order chi connectivity index (χ1) is 7.86. The summed E-state index contributed by atoms with van der Waals surface area (Å²) in [6.07, 6.45) is 9.51. The van der Waals surface area contributed by atoms with Crippen LogP contribution in [0.5, 0.6) is 0 Å². The maximum atomic E-state index is 3.60. The van der Waals surface area contributed by atoms with E-state index >= 15 is 0 Å². The Balaban J connectivity index is 2.13. The van der Waals surface area contributed by atoms with Gasteiger partial charge < -0.3 is 10.2 Å². The highest BCUT2D eigenvalue weighted by molar-refractivity contribution is 4.75. The van der Waals surface area contributed by atoms with Crippen molar-refractivity contribution in [3.63, 3.8) is 0 Å². The van der Waals surface area contributed by atoms with Crippen molar-refractivity contribution in [1.82, 2.24) is 10.2 Å². The van der Waals surface area contributed by atoms with Crippen LogP contribution in [0.15, 0.2) is 0 Å². The van der Waals surface area contributed by atoms with Crippen LogP contribution in [0.2, 0.25) is 0 Å². The third kappa shape index (κ3) is 5.86. The molecule has 1 N–H and O–H groups in total. The molecule has 0 aromatic rings. The van der Waals surface area contributed by atoms with Crippen molar-refractivity contribution in [2.24, 2.45) is 0 Å². The molecule has 0 aliphatic carbocycles. The van der Waals surface area contributed by atoms with E-state index in [0.29, 0.717) is 0 Å². The monoisotopic (exact) mass is 226 g/mol. The number of nitrogens with one attached hydrogen (secondary N) is 1. The number of hydrogen-bond acceptors (Lipinski definition) is 2. The molecule has 1 aliphatic rings. The molecule has 1 rings (SSSR count). The van der Waals surface area contributed by atoms with Gasteiger partial charge in [-0.15, -0.1) is 0 Å². The molecule has 2 nitrogen and oxygen atoms in total. The molecule has 1 aliphatic heterocycles. The van der Waals surface area contributed by atoms with Gasteiger partial charge in [0.2, 0.25) is 0 Å². The molecular formula is C14H30N2. The van der Waals surface area contributed by atoms with Crippen LogP contribution < -0.4 is 5.32 Å². The number of hydrogen-bond donors (Lipinski definition) is 1. The Hall–Kier alpha value is -0.0800. The van der Waals surface area contributed by atoms with Gasteiger partial charge in [-0.25, -0.2) is 0 Å². The van der Waals surface area contributed by atoms with Crippen LogP contribution >= 0.6 is 0 Å². The van der Waals surface area contributed by atoms with E-state index in [9.17, 15) is 0 Å². The van der Waals surface area contributed by atoms with Gasteiger partial charge in [0, 0.05) is 6.04 Å². The lowest BCUT2D eigenvalue weighted by molar-refractivity contribution is 0.252. The highest BCUT2D eigenvalue weighted by Gasteiger charge is 2.14. The summed E-state index contributed by atoms with van der Waals surface area (Å²) in [5.41, 5.74) is 0. The van der Waals surface area contributed by atoms with Crippen LogP contribution in [0, 0.1) is 0 Å². The van der Waals surface area contributed by atoms with E-state index < -0.39 is 0 Å². The fourth-order valence-corrected chi connectivity index (χ4v) is 2.44. The zero-order valence-corrected chi connectivity index (χ0v) is 11.3. The van der Waals surface area contributed by atoms with Crippen molar-refractivity contribution in [2.45, 2.75) is 64.8 Å². The van der Waals surface area contributed by atoms with Gasteiger partial charge in [0.05, 0.1) is 0 Å². The molecule has 1 heterocycles. The number of rotatable bonds is 9. The Labute approximate surface area is 102 Å². The predicted octanol–water partition coefficient (Wildman–Crippen LogP) is 3.03. The largest absolute Gasteiger partial charge is 0.314 e. The Kier molecular flexibility index (Phi) is 7.87. The first-order valence-corrected chi connectivity index (χ1v) is 7.32. The Morgan fingerprint density at radius 3 is 2.25 bits per heavy atom. The summed E-state index contributed by atoms with van der Waals surface area (Å²) >= 11 is 0. The normalized spacial score (nSPS) is 20.8. The maximum Gasteiger partial charge on any atom is 0.00797 e. The van der Waals surface area contributed by atoms with Gasteiger partial charge in [0.15, 0.2) is 0 Å². The second kappa shape index (κ2) is 9.00. The lowest BCUT2D eigenvalue weighted by atomic mass is 10.1. The van der Waals surface area contributed by atoms with Gasteiger partial charge in [-0.2, -0.15) is 0 Å². The van der Waals surface area contributed by atoms with Crippen molar-refractivity contribution in [3.05, 3.63) is 0 Å². The van der Waals surface area contributed by atoms with Crippen LogP contribution in [-0.2, 0) is 0 Å². The average Bonchev–Trinajstić information content (AvgIpc) is 2.81. The van der Waals surface area contributed by atoms with E-state index in [-0.39, 0.29) is 0 Å². The smallest absolute Gasteiger partial charge is 0.00797 e. The van der Waals surface area contributed by atoms with E-state index in [1.54, 1.807) is 0 Å². The molecule has 96 valence electrons. The molecule has 1 atom stereocenters. The van der Waals surface area contributed by atoms with Gasteiger partial charge in [0.25, 0.3) is 0 Å². The maximum absolute atomic E-state index is 3.60. The van der Waals surface area contributed by atoms with Gasteiger partial charge in [-0.3, -0.25) is 0 Å². The Morgan fingerprint density at radius 1 is 1.06 bits per heavy atom. The molecule has 1 saturated heterocycles. The molecule has 0 amide bonds. The Bertz CT molecular complexity index is 145. The van der Waals surface area contributed by atoms with Crippen LogP contribution in [-0.4, -0.2) is 37.1 Å². The summed E-state index contributed by atoms with van der Waals surface area (Å²) < 4.78 is 0. The van der Waals surface area contributed by atoms with Crippen molar-refractivity contribution < 1.29 is 0 Å². The SMILES string of the molecule is CCCCN(CCCC)CCC1CCCN1. The molecular weight excluding hydrogens is 196 g/mol. The molecule has 0 radical (unpaired) electrons. The molecule has 1 unspecified atom stereocenters. The minimum atomic E-state index is 0.811. The number of nitrogens with zero attached hydrogens (tertiary/aromatic N) is 1. The minimum Gasteiger partial charge on any atom is -0.314 e. The highest BCUT2D eigenvalue weighted by atomic mass is 15.1. The van der Waals surface area contributed by atoms with E-state index in [0.717, 1.165) is 6.04 Å². The summed E-state index contributed by atoms with van der Waals surface area (Å²) in [4.78, 5) is 2.67. The van der Waals surface area contributed by atoms with Crippen molar-refractivity contribution >= 4 is 0 Å². The highest BCUT2D eigenvalue weighted by Crippen LogP contribution is 2.10.